The van der Waals surface area contributed by atoms with Crippen LogP contribution in [0, 0.1) is 13.8 Å². The van der Waals surface area contributed by atoms with Crippen LogP contribution >= 0.6 is 0 Å². The molecule has 0 atom stereocenters. The smallest absolute Gasteiger partial charge is 0.321 e. The first kappa shape index (κ1) is 18.0. The molecule has 6 nitrogen and oxygen atoms in total. The van der Waals surface area contributed by atoms with E-state index in [9.17, 15) is 9.59 Å². The second-order valence-electron chi connectivity index (χ2n) is 6.83. The fraction of sp³-hybridized carbons (Fsp3) is 0.400. The molecule has 26 heavy (non-hydrogen) atoms. The zero-order valence-electron chi connectivity index (χ0n) is 15.5. The number of nitrogens with zero attached hydrogens (tertiary/aromatic N) is 2. The number of hydrogen-bond acceptors (Lipinski definition) is 3. The van der Waals surface area contributed by atoms with E-state index < -0.39 is 0 Å². The van der Waals surface area contributed by atoms with E-state index in [4.69, 9.17) is 4.74 Å². The van der Waals surface area contributed by atoms with Crippen LogP contribution in [-0.2, 0) is 7.05 Å². The first-order valence-corrected chi connectivity index (χ1v) is 8.89. The summed E-state index contributed by atoms with van der Waals surface area (Å²) in [6, 6.07) is 11.1. The Morgan fingerprint density at radius 1 is 1.12 bits per heavy atom. The van der Waals surface area contributed by atoms with Crippen LogP contribution < -0.4 is 15.6 Å². The van der Waals surface area contributed by atoms with Gasteiger partial charge in [0.2, 0.25) is 0 Å². The quantitative estimate of drug-likeness (QED) is 0.920. The highest BCUT2D eigenvalue weighted by molar-refractivity contribution is 5.89. The Labute approximate surface area is 153 Å². The number of carbonyl (C=O) groups is 1. The lowest BCUT2D eigenvalue weighted by molar-refractivity contribution is 0.115. The number of amides is 2. The number of urea groups is 1. The summed E-state index contributed by atoms with van der Waals surface area (Å²) in [6.45, 7) is 5.16. The van der Waals surface area contributed by atoms with E-state index in [1.807, 2.05) is 44.2 Å². The van der Waals surface area contributed by atoms with Gasteiger partial charge in [-0.15, -0.1) is 0 Å². The number of aromatic nitrogens is 1. The Bertz CT molecular complexity index is 834. The van der Waals surface area contributed by atoms with E-state index in [1.165, 1.54) is 6.07 Å². The molecule has 1 aliphatic heterocycles. The van der Waals surface area contributed by atoms with E-state index >= 15 is 0 Å². The van der Waals surface area contributed by atoms with Crippen LogP contribution in [0.3, 0.4) is 0 Å². The molecule has 1 saturated heterocycles. The van der Waals surface area contributed by atoms with Crippen LogP contribution in [0.15, 0.2) is 41.2 Å². The molecule has 138 valence electrons. The molecule has 0 spiro atoms. The third kappa shape index (κ3) is 4.25. The number of pyridine rings is 1. The summed E-state index contributed by atoms with van der Waals surface area (Å²) in [5.74, 6) is 0.605. The predicted octanol–water partition coefficient (Wildman–Crippen LogP) is 3.08. The van der Waals surface area contributed by atoms with Crippen molar-refractivity contribution in [3.8, 4) is 5.75 Å². The lowest BCUT2D eigenvalue weighted by atomic mass is 10.1. The van der Waals surface area contributed by atoms with Gasteiger partial charge in [-0.2, -0.15) is 0 Å². The number of nitrogens with one attached hydrogen (secondary N) is 1. The first-order chi connectivity index (χ1) is 12.4. The van der Waals surface area contributed by atoms with Crippen molar-refractivity contribution in [3.63, 3.8) is 0 Å². The number of hydrogen-bond donors (Lipinski definition) is 1. The molecule has 1 fully saturated rings. The number of carbonyl (C=O) groups excluding carboxylic acids is 1. The van der Waals surface area contributed by atoms with Gasteiger partial charge >= 0.3 is 6.03 Å². The molecular weight excluding hydrogens is 330 g/mol. The van der Waals surface area contributed by atoms with E-state index in [-0.39, 0.29) is 17.7 Å². The topological polar surface area (TPSA) is 63.6 Å². The summed E-state index contributed by atoms with van der Waals surface area (Å²) in [4.78, 5) is 26.0. The van der Waals surface area contributed by atoms with Crippen molar-refractivity contribution >= 4 is 11.7 Å². The number of anilines is 1. The lowest BCUT2D eigenvalue weighted by Gasteiger charge is -2.32. The number of benzene rings is 1. The average Bonchev–Trinajstić information content (AvgIpc) is 2.62. The Kier molecular flexibility index (Phi) is 5.30. The Hall–Kier alpha value is -2.76. The van der Waals surface area contributed by atoms with Crippen LogP contribution in [0.25, 0.3) is 0 Å². The van der Waals surface area contributed by atoms with Gasteiger partial charge in [0, 0.05) is 50.4 Å². The molecule has 1 aliphatic rings. The lowest BCUT2D eigenvalue weighted by Crippen LogP contribution is -2.43. The number of rotatable bonds is 3. The van der Waals surface area contributed by atoms with Crippen molar-refractivity contribution in [1.29, 1.82) is 0 Å². The maximum atomic E-state index is 12.4. The van der Waals surface area contributed by atoms with Crippen molar-refractivity contribution < 1.29 is 9.53 Å². The number of piperidine rings is 1. The maximum Gasteiger partial charge on any atom is 0.321 e. The second-order valence-corrected chi connectivity index (χ2v) is 6.83. The molecule has 2 amide bonds. The molecular formula is C20H25N3O3. The van der Waals surface area contributed by atoms with Gasteiger partial charge in [0.15, 0.2) is 0 Å². The second kappa shape index (κ2) is 7.64. The zero-order chi connectivity index (χ0) is 18.7. The molecule has 0 aliphatic carbocycles. The monoisotopic (exact) mass is 355 g/mol. The van der Waals surface area contributed by atoms with E-state index in [0.717, 1.165) is 29.8 Å². The minimum Gasteiger partial charge on any atom is -0.490 e. The minimum absolute atomic E-state index is 0.0185. The van der Waals surface area contributed by atoms with Crippen molar-refractivity contribution in [3.05, 3.63) is 58.0 Å². The fourth-order valence-electron chi connectivity index (χ4n) is 3.01. The minimum atomic E-state index is -0.0864. The summed E-state index contributed by atoms with van der Waals surface area (Å²) in [7, 11) is 1.74. The highest BCUT2D eigenvalue weighted by Gasteiger charge is 2.24. The summed E-state index contributed by atoms with van der Waals surface area (Å²) in [6.07, 6.45) is 1.51. The van der Waals surface area contributed by atoms with Gasteiger partial charge in [0.1, 0.15) is 11.9 Å². The molecule has 2 aromatic rings. The summed E-state index contributed by atoms with van der Waals surface area (Å²) in [5, 5.41) is 2.93. The van der Waals surface area contributed by atoms with Gasteiger partial charge in [0.05, 0.1) is 0 Å². The van der Waals surface area contributed by atoms with Gasteiger partial charge in [0.25, 0.3) is 5.56 Å². The van der Waals surface area contributed by atoms with Crippen LogP contribution in [0.1, 0.15) is 24.1 Å². The first-order valence-electron chi connectivity index (χ1n) is 8.89. The van der Waals surface area contributed by atoms with Gasteiger partial charge < -0.3 is 19.5 Å². The Morgan fingerprint density at radius 3 is 2.38 bits per heavy atom. The van der Waals surface area contributed by atoms with Crippen molar-refractivity contribution in [2.45, 2.75) is 32.8 Å². The SMILES string of the molecule is Cc1ccc(NC(=O)N2CCC(Oc3cc(C)n(C)c(=O)c3)CC2)cc1. The van der Waals surface area contributed by atoms with Crippen molar-refractivity contribution in [2.24, 2.45) is 7.05 Å². The number of ether oxygens (including phenoxy) is 1. The fourth-order valence-corrected chi connectivity index (χ4v) is 3.01. The highest BCUT2D eigenvalue weighted by Crippen LogP contribution is 2.19. The third-order valence-corrected chi connectivity index (χ3v) is 4.81. The van der Waals surface area contributed by atoms with E-state index in [1.54, 1.807) is 16.5 Å². The molecule has 2 heterocycles. The third-order valence-electron chi connectivity index (χ3n) is 4.81. The van der Waals surface area contributed by atoms with Gasteiger partial charge in [-0.3, -0.25) is 4.79 Å². The Morgan fingerprint density at radius 2 is 1.77 bits per heavy atom. The largest absolute Gasteiger partial charge is 0.490 e. The van der Waals surface area contributed by atoms with Crippen LogP contribution in [0.5, 0.6) is 5.75 Å². The normalized spacial score (nSPS) is 15.0. The van der Waals surface area contributed by atoms with Crippen molar-refractivity contribution in [1.82, 2.24) is 9.47 Å². The number of aryl methyl sites for hydroxylation is 2. The van der Waals surface area contributed by atoms with Gasteiger partial charge in [-0.1, -0.05) is 17.7 Å². The Balaban J connectivity index is 1.53. The number of likely N-dealkylation sites (tertiary alicyclic amines) is 1. The average molecular weight is 355 g/mol. The molecule has 1 N–H and O–H groups in total. The van der Waals surface area contributed by atoms with Crippen molar-refractivity contribution in [2.75, 3.05) is 18.4 Å². The van der Waals surface area contributed by atoms with E-state index in [0.29, 0.717) is 18.8 Å². The van der Waals surface area contributed by atoms with Crippen LogP contribution in [0.4, 0.5) is 10.5 Å². The van der Waals surface area contributed by atoms with Gasteiger partial charge in [-0.05, 0) is 32.0 Å². The van der Waals surface area contributed by atoms with Gasteiger partial charge in [-0.25, -0.2) is 4.79 Å². The predicted molar refractivity (Wildman–Crippen MR) is 102 cm³/mol. The maximum absolute atomic E-state index is 12.4. The molecule has 3 rings (SSSR count). The standard InChI is InChI=1S/C20H25N3O3/c1-14-4-6-16(7-5-14)21-20(25)23-10-8-17(9-11-23)26-18-12-15(2)22(3)19(24)13-18/h4-7,12-13,17H,8-11H2,1-3H3,(H,21,25). The molecule has 6 heteroatoms. The molecule has 0 unspecified atom stereocenters. The zero-order valence-corrected chi connectivity index (χ0v) is 15.5. The molecule has 0 radical (unpaired) electrons. The summed E-state index contributed by atoms with van der Waals surface area (Å²) >= 11 is 0. The molecule has 1 aromatic heterocycles. The molecule has 1 aromatic carbocycles. The van der Waals surface area contributed by atoms with Crippen LogP contribution in [-0.4, -0.2) is 34.7 Å². The molecule has 0 saturated carbocycles. The summed E-state index contributed by atoms with van der Waals surface area (Å²) < 4.78 is 7.55. The highest BCUT2D eigenvalue weighted by atomic mass is 16.5. The molecule has 0 bridgehead atoms. The summed E-state index contributed by atoms with van der Waals surface area (Å²) in [5.41, 5.74) is 2.75. The van der Waals surface area contributed by atoms with Crippen LogP contribution in [0.2, 0.25) is 0 Å². The van der Waals surface area contributed by atoms with E-state index in [2.05, 4.69) is 5.32 Å².